The summed E-state index contributed by atoms with van der Waals surface area (Å²) in [6, 6.07) is 85.7. The highest BCUT2D eigenvalue weighted by atomic mass is 32.1. The van der Waals surface area contributed by atoms with Crippen LogP contribution in [-0.4, -0.2) is 14.4 Å². The fourth-order valence-electron chi connectivity index (χ4n) is 10.5. The first-order valence-corrected chi connectivity index (χ1v) is 23.9. The molecule has 3 nitrogen and oxygen atoms in total. The van der Waals surface area contributed by atoms with Crippen LogP contribution in [0, 0.1) is 0 Å². The predicted octanol–water partition coefficient (Wildman–Crippen LogP) is 17.7. The lowest BCUT2D eigenvalue weighted by atomic mass is 9.95. The van der Waals surface area contributed by atoms with Crippen LogP contribution in [0.25, 0.3) is 137 Å². The highest BCUT2D eigenvalue weighted by molar-refractivity contribution is 7.25. The molecule has 0 saturated heterocycles. The molecule has 14 rings (SSSR count). The van der Waals surface area contributed by atoms with E-state index in [9.17, 15) is 0 Å². The van der Waals surface area contributed by atoms with Crippen LogP contribution in [0.1, 0.15) is 0 Å². The van der Waals surface area contributed by atoms with Crippen LogP contribution in [0.4, 0.5) is 0 Å². The van der Waals surface area contributed by atoms with Crippen molar-refractivity contribution in [2.45, 2.75) is 0 Å². The second-order valence-electron chi connectivity index (χ2n) is 17.7. The predicted molar refractivity (Wildman–Crippen MR) is 288 cm³/mol. The third-order valence-corrected chi connectivity index (χ3v) is 14.9. The molecule has 0 aliphatic rings. The number of hydrogen-bond acceptors (Lipinski definition) is 3. The normalized spacial score (nSPS) is 11.8. The molecule has 14 aromatic rings. The Morgan fingerprint density at radius 3 is 1.41 bits per heavy atom. The van der Waals surface area contributed by atoms with Crippen LogP contribution in [0.15, 0.2) is 237 Å². The maximum atomic E-state index is 5.11. The Balaban J connectivity index is 0.842. The molecule has 0 amide bonds. The number of hydrogen-bond donors (Lipinski definition) is 0. The van der Waals surface area contributed by atoms with Gasteiger partial charge in [-0.25, -0.2) is 9.97 Å². The van der Waals surface area contributed by atoms with E-state index in [0.29, 0.717) is 5.82 Å². The van der Waals surface area contributed by atoms with Crippen LogP contribution < -0.4 is 0 Å². The molecule has 0 aliphatic heterocycles. The summed E-state index contributed by atoms with van der Waals surface area (Å²) in [5, 5.41) is 7.79. The van der Waals surface area contributed by atoms with E-state index in [1.54, 1.807) is 0 Å². The quantitative estimate of drug-likeness (QED) is 0.160. The van der Waals surface area contributed by atoms with Gasteiger partial charge in [-0.1, -0.05) is 188 Å². The van der Waals surface area contributed by atoms with E-state index in [1.807, 2.05) is 35.6 Å². The molecule has 4 heterocycles. The van der Waals surface area contributed by atoms with Gasteiger partial charge in [-0.2, -0.15) is 0 Å². The lowest BCUT2D eigenvalue weighted by Gasteiger charge is -2.12. The monoisotopic (exact) mass is 881 g/mol. The summed E-state index contributed by atoms with van der Waals surface area (Å²) < 4.78 is 5.16. The SMILES string of the molecule is c1ccc(-c2cc(-c3cccc(-c4cccc(-c5cccc(-c6ccc7c8cccc9c%10ccc(-c%11cccc%12sc%13ccccc%13c%11%12)cc%10n(c7c6)c89)c5)c4)c3)nc(-c3ccccc3)n2)cc1. The Labute approximate surface area is 396 Å². The molecule has 4 heteroatoms. The van der Waals surface area contributed by atoms with Crippen molar-refractivity contribution in [1.82, 2.24) is 14.4 Å². The molecule has 0 radical (unpaired) electrons. The number of fused-ring (bicyclic) bond motifs is 9. The van der Waals surface area contributed by atoms with Crippen molar-refractivity contribution < 1.29 is 0 Å². The molecule has 4 aromatic heterocycles. The van der Waals surface area contributed by atoms with Gasteiger partial charge in [0.25, 0.3) is 0 Å². The molecule has 0 fully saturated rings. The topological polar surface area (TPSA) is 30.2 Å². The maximum Gasteiger partial charge on any atom is 0.160 e. The minimum atomic E-state index is 0.711. The molecular formula is C64H39N3S. The van der Waals surface area contributed by atoms with Crippen LogP contribution in [0.3, 0.4) is 0 Å². The summed E-state index contributed by atoms with van der Waals surface area (Å²) in [6.07, 6.45) is 0. The molecule has 316 valence electrons. The number of para-hydroxylation sites is 1. The van der Waals surface area contributed by atoms with Crippen molar-refractivity contribution in [3.63, 3.8) is 0 Å². The van der Waals surface area contributed by atoms with E-state index in [4.69, 9.17) is 9.97 Å². The Hall–Kier alpha value is -8.70. The summed E-state index contributed by atoms with van der Waals surface area (Å²) in [5.74, 6) is 0.711. The van der Waals surface area contributed by atoms with Crippen molar-refractivity contribution in [2.75, 3.05) is 0 Å². The van der Waals surface area contributed by atoms with Gasteiger partial charge in [0.2, 0.25) is 0 Å². The molecule has 0 N–H and O–H groups in total. The Bertz CT molecular complexity index is 4200. The molecule has 0 unspecified atom stereocenters. The first-order valence-electron chi connectivity index (χ1n) is 23.1. The maximum absolute atomic E-state index is 5.11. The largest absolute Gasteiger partial charge is 0.308 e. The number of rotatable bonds is 7. The van der Waals surface area contributed by atoms with Crippen LogP contribution in [-0.2, 0) is 0 Å². The molecular weight excluding hydrogens is 843 g/mol. The minimum absolute atomic E-state index is 0.711. The Morgan fingerprint density at radius 2 is 0.750 bits per heavy atom. The second-order valence-corrected chi connectivity index (χ2v) is 18.8. The van der Waals surface area contributed by atoms with Crippen molar-refractivity contribution in [3.8, 4) is 78.4 Å². The van der Waals surface area contributed by atoms with Gasteiger partial charge in [0.05, 0.1) is 27.9 Å². The third-order valence-electron chi connectivity index (χ3n) is 13.7. The lowest BCUT2D eigenvalue weighted by Crippen LogP contribution is -1.96. The number of thiophene rings is 1. The number of benzene rings is 10. The molecule has 0 bridgehead atoms. The van der Waals surface area contributed by atoms with Crippen LogP contribution in [0.2, 0.25) is 0 Å². The van der Waals surface area contributed by atoms with Crippen molar-refractivity contribution in [3.05, 3.63) is 237 Å². The van der Waals surface area contributed by atoms with Gasteiger partial charge < -0.3 is 4.40 Å². The zero-order valence-electron chi connectivity index (χ0n) is 36.8. The fourth-order valence-corrected chi connectivity index (χ4v) is 11.7. The summed E-state index contributed by atoms with van der Waals surface area (Å²) in [5.41, 5.74) is 18.2. The van der Waals surface area contributed by atoms with Crippen molar-refractivity contribution in [1.29, 1.82) is 0 Å². The molecule has 0 atom stereocenters. The van der Waals surface area contributed by atoms with Crippen molar-refractivity contribution >= 4 is 69.6 Å². The standard InChI is InChI=1S/C64H39N3S/c1-3-14-40(15-4-1)56-39-57(66-64(65-56)41-16-5-2-6-17-41)49-23-11-22-46(36-49)44-20-9-18-42(34-44)43-19-10-21-45(35-43)47-30-32-51-53-26-12-27-54-52-33-31-48(38-59(52)67(63(53)54)58(51)37-47)50-25-13-29-61-62(50)55-24-7-8-28-60(55)68-61/h1-39H. The zero-order valence-corrected chi connectivity index (χ0v) is 37.6. The van der Waals surface area contributed by atoms with Gasteiger partial charge in [0.15, 0.2) is 5.82 Å². The van der Waals surface area contributed by atoms with Gasteiger partial charge >= 0.3 is 0 Å². The fraction of sp³-hybridized carbons (Fsp3) is 0. The minimum Gasteiger partial charge on any atom is -0.308 e. The van der Waals surface area contributed by atoms with E-state index in [1.165, 1.54) is 91.6 Å². The van der Waals surface area contributed by atoms with E-state index in [-0.39, 0.29) is 0 Å². The van der Waals surface area contributed by atoms with E-state index in [0.717, 1.165) is 39.2 Å². The Morgan fingerprint density at radius 1 is 0.294 bits per heavy atom. The summed E-state index contributed by atoms with van der Waals surface area (Å²) in [6.45, 7) is 0. The smallest absolute Gasteiger partial charge is 0.160 e. The van der Waals surface area contributed by atoms with Crippen LogP contribution >= 0.6 is 11.3 Å². The average molecular weight is 882 g/mol. The molecule has 0 aliphatic carbocycles. The van der Waals surface area contributed by atoms with Crippen molar-refractivity contribution in [2.24, 2.45) is 0 Å². The average Bonchev–Trinajstić information content (AvgIpc) is 4.08. The van der Waals surface area contributed by atoms with Gasteiger partial charge in [0.1, 0.15) is 0 Å². The summed E-state index contributed by atoms with van der Waals surface area (Å²) in [7, 11) is 0. The van der Waals surface area contributed by atoms with E-state index >= 15 is 0 Å². The zero-order chi connectivity index (χ0) is 44.7. The van der Waals surface area contributed by atoms with E-state index < -0.39 is 0 Å². The molecule has 0 spiro atoms. The summed E-state index contributed by atoms with van der Waals surface area (Å²) in [4.78, 5) is 10.1. The second kappa shape index (κ2) is 15.5. The van der Waals surface area contributed by atoms with Gasteiger partial charge in [0, 0.05) is 58.4 Å². The highest BCUT2D eigenvalue weighted by Crippen LogP contribution is 2.44. The third kappa shape index (κ3) is 6.26. The number of nitrogens with zero attached hydrogens (tertiary/aromatic N) is 3. The summed E-state index contributed by atoms with van der Waals surface area (Å²) >= 11 is 1.87. The first kappa shape index (κ1) is 38.6. The van der Waals surface area contributed by atoms with Gasteiger partial charge in [-0.15, -0.1) is 11.3 Å². The highest BCUT2D eigenvalue weighted by Gasteiger charge is 2.20. The Kier molecular flexibility index (Phi) is 8.76. The first-order chi connectivity index (χ1) is 33.7. The molecule has 0 saturated carbocycles. The molecule has 10 aromatic carbocycles. The van der Waals surface area contributed by atoms with Crippen LogP contribution in [0.5, 0.6) is 0 Å². The number of aromatic nitrogens is 3. The van der Waals surface area contributed by atoms with E-state index in [2.05, 4.69) is 217 Å². The lowest BCUT2D eigenvalue weighted by molar-refractivity contribution is 1.18. The van der Waals surface area contributed by atoms with Gasteiger partial charge in [-0.3, -0.25) is 0 Å². The molecule has 68 heavy (non-hydrogen) atoms. The van der Waals surface area contributed by atoms with Gasteiger partial charge in [-0.05, 0) is 93.0 Å².